The number of hydrogen-bond donors (Lipinski definition) is 2. The summed E-state index contributed by atoms with van der Waals surface area (Å²) in [5, 5.41) is 3.84. The number of aromatic nitrogens is 3. The molecular weight excluding hydrogens is 354 g/mol. The van der Waals surface area contributed by atoms with Gasteiger partial charge in [0, 0.05) is 51.4 Å². The van der Waals surface area contributed by atoms with Gasteiger partial charge in [-0.05, 0) is 49.7 Å². The van der Waals surface area contributed by atoms with Crippen molar-refractivity contribution in [1.29, 1.82) is 0 Å². The smallest absolute Gasteiger partial charge is 0.221 e. The molecule has 0 unspecified atom stereocenters. The third-order valence-electron chi connectivity index (χ3n) is 5.75. The molecule has 2 aromatic heterocycles. The van der Waals surface area contributed by atoms with Crippen LogP contribution in [0.3, 0.4) is 0 Å². The van der Waals surface area contributed by atoms with Crippen molar-refractivity contribution in [2.75, 3.05) is 43.9 Å². The first-order chi connectivity index (χ1) is 13.7. The molecule has 8 heteroatoms. The van der Waals surface area contributed by atoms with E-state index in [1.165, 1.54) is 5.56 Å². The number of piperidine rings is 1. The highest BCUT2D eigenvalue weighted by Crippen LogP contribution is 2.22. The fourth-order valence-electron chi connectivity index (χ4n) is 4.21. The van der Waals surface area contributed by atoms with Gasteiger partial charge in [0.05, 0.1) is 12.1 Å². The molecule has 150 valence electrons. The third kappa shape index (κ3) is 4.57. The molecule has 3 N–H and O–H groups in total. The average molecular weight is 384 g/mol. The van der Waals surface area contributed by atoms with Crippen LogP contribution in [0.15, 0.2) is 36.8 Å². The van der Waals surface area contributed by atoms with Crippen LogP contribution in [-0.2, 0) is 11.3 Å². The molecule has 0 aliphatic carbocycles. The van der Waals surface area contributed by atoms with Crippen molar-refractivity contribution in [3.05, 3.63) is 42.4 Å². The van der Waals surface area contributed by atoms with E-state index in [9.17, 15) is 0 Å². The zero-order valence-electron chi connectivity index (χ0n) is 16.4. The number of nitrogens with two attached hydrogens (primary N) is 1. The van der Waals surface area contributed by atoms with E-state index in [-0.39, 0.29) is 12.1 Å². The van der Waals surface area contributed by atoms with E-state index < -0.39 is 0 Å². The van der Waals surface area contributed by atoms with Crippen molar-refractivity contribution in [1.82, 2.24) is 25.2 Å². The molecular formula is C20H29N7O. The number of ether oxygens (including phenoxy) is 1. The summed E-state index contributed by atoms with van der Waals surface area (Å²) in [7, 11) is 1.79. The Labute approximate surface area is 166 Å². The highest BCUT2D eigenvalue weighted by atomic mass is 16.5. The summed E-state index contributed by atoms with van der Waals surface area (Å²) in [6, 6.07) is 6.91. The van der Waals surface area contributed by atoms with E-state index in [2.05, 4.69) is 42.2 Å². The van der Waals surface area contributed by atoms with Crippen LogP contribution >= 0.6 is 0 Å². The van der Waals surface area contributed by atoms with E-state index in [0.717, 1.165) is 51.4 Å². The van der Waals surface area contributed by atoms with Crippen LogP contribution in [0.25, 0.3) is 0 Å². The van der Waals surface area contributed by atoms with Crippen LogP contribution in [0.5, 0.6) is 0 Å². The van der Waals surface area contributed by atoms with Crippen LogP contribution in [0.4, 0.5) is 11.8 Å². The minimum absolute atomic E-state index is 0.144. The second-order valence-electron chi connectivity index (χ2n) is 7.63. The molecule has 0 bridgehead atoms. The number of pyridine rings is 1. The standard InChI is InChI=1S/C20H29N7O/c1-28-18-14-27(19-4-9-23-20(21)25-19)13-17(18)24-16-5-10-26(11-6-16)12-15-2-7-22-8-3-15/h2-4,7-9,16-18,24H,5-6,10-14H2,1H3,(H2,21,23,25)/t17-,18+/m0/s1. The van der Waals surface area contributed by atoms with Crippen molar-refractivity contribution < 1.29 is 4.74 Å². The third-order valence-corrected chi connectivity index (χ3v) is 5.75. The van der Waals surface area contributed by atoms with Crippen molar-refractivity contribution >= 4 is 11.8 Å². The fraction of sp³-hybridized carbons (Fsp3) is 0.550. The Kier molecular flexibility index (Phi) is 5.99. The molecule has 2 atom stereocenters. The maximum Gasteiger partial charge on any atom is 0.221 e. The molecule has 0 spiro atoms. The number of methoxy groups -OCH3 is 1. The summed E-state index contributed by atoms with van der Waals surface area (Å²) in [5.74, 6) is 1.18. The van der Waals surface area contributed by atoms with Crippen molar-refractivity contribution in [2.24, 2.45) is 0 Å². The number of anilines is 2. The van der Waals surface area contributed by atoms with E-state index in [1.54, 1.807) is 13.3 Å². The zero-order valence-corrected chi connectivity index (χ0v) is 16.4. The van der Waals surface area contributed by atoms with Crippen LogP contribution in [0, 0.1) is 0 Å². The van der Waals surface area contributed by atoms with Gasteiger partial charge >= 0.3 is 0 Å². The number of nitrogens with zero attached hydrogens (tertiary/aromatic N) is 5. The van der Waals surface area contributed by atoms with Gasteiger partial charge in [-0.25, -0.2) is 4.98 Å². The minimum Gasteiger partial charge on any atom is -0.378 e. The zero-order chi connectivity index (χ0) is 19.3. The molecule has 0 radical (unpaired) electrons. The number of hydrogen-bond acceptors (Lipinski definition) is 8. The van der Waals surface area contributed by atoms with E-state index in [4.69, 9.17) is 10.5 Å². The van der Waals surface area contributed by atoms with Crippen LogP contribution in [0.1, 0.15) is 18.4 Å². The Hall–Kier alpha value is -2.29. The largest absolute Gasteiger partial charge is 0.378 e. The molecule has 8 nitrogen and oxygen atoms in total. The predicted octanol–water partition coefficient (Wildman–Crippen LogP) is 0.912. The molecule has 2 saturated heterocycles. The van der Waals surface area contributed by atoms with Crippen LogP contribution in [-0.4, -0.2) is 71.3 Å². The molecule has 2 fully saturated rings. The number of likely N-dealkylation sites (tertiary alicyclic amines) is 1. The van der Waals surface area contributed by atoms with Gasteiger partial charge in [-0.1, -0.05) is 0 Å². The first-order valence-electron chi connectivity index (χ1n) is 9.95. The highest BCUT2D eigenvalue weighted by molar-refractivity contribution is 5.43. The van der Waals surface area contributed by atoms with Crippen LogP contribution in [0.2, 0.25) is 0 Å². The Morgan fingerprint density at radius 3 is 2.64 bits per heavy atom. The van der Waals surface area contributed by atoms with E-state index >= 15 is 0 Å². The summed E-state index contributed by atoms with van der Waals surface area (Å²) >= 11 is 0. The molecule has 2 aliphatic heterocycles. The number of nitrogens with one attached hydrogen (secondary N) is 1. The van der Waals surface area contributed by atoms with Gasteiger partial charge in [0.25, 0.3) is 0 Å². The Morgan fingerprint density at radius 1 is 1.14 bits per heavy atom. The Morgan fingerprint density at radius 2 is 1.93 bits per heavy atom. The van der Waals surface area contributed by atoms with Gasteiger partial charge in [0.2, 0.25) is 5.95 Å². The first kappa shape index (κ1) is 19.0. The van der Waals surface area contributed by atoms with Crippen molar-refractivity contribution in [2.45, 2.75) is 37.6 Å². The maximum absolute atomic E-state index is 5.75. The molecule has 2 aliphatic rings. The van der Waals surface area contributed by atoms with E-state index in [0.29, 0.717) is 12.0 Å². The second kappa shape index (κ2) is 8.81. The molecule has 0 saturated carbocycles. The SMILES string of the molecule is CO[C@@H]1CN(c2ccnc(N)n2)C[C@@H]1NC1CCN(Cc2ccncc2)CC1. The summed E-state index contributed by atoms with van der Waals surface area (Å²) in [6.07, 6.45) is 7.89. The van der Waals surface area contributed by atoms with Gasteiger partial charge in [-0.3, -0.25) is 9.88 Å². The number of nitrogen functional groups attached to an aromatic ring is 1. The first-order valence-corrected chi connectivity index (χ1v) is 9.95. The molecule has 4 heterocycles. The van der Waals surface area contributed by atoms with Crippen molar-refractivity contribution in [3.8, 4) is 0 Å². The Bertz CT molecular complexity index is 751. The lowest BCUT2D eigenvalue weighted by Crippen LogP contribution is -2.50. The summed E-state index contributed by atoms with van der Waals surface area (Å²) in [6.45, 7) is 4.90. The van der Waals surface area contributed by atoms with Crippen LogP contribution < -0.4 is 16.0 Å². The van der Waals surface area contributed by atoms with Gasteiger partial charge in [0.1, 0.15) is 5.82 Å². The molecule has 2 aromatic rings. The Balaban J connectivity index is 1.29. The van der Waals surface area contributed by atoms with Gasteiger partial charge in [-0.15, -0.1) is 0 Å². The lowest BCUT2D eigenvalue weighted by Gasteiger charge is -2.34. The minimum atomic E-state index is 0.144. The summed E-state index contributed by atoms with van der Waals surface area (Å²) < 4.78 is 5.75. The summed E-state index contributed by atoms with van der Waals surface area (Å²) in [5.41, 5.74) is 7.07. The van der Waals surface area contributed by atoms with E-state index in [1.807, 2.05) is 18.5 Å². The fourth-order valence-corrected chi connectivity index (χ4v) is 4.21. The molecule has 28 heavy (non-hydrogen) atoms. The van der Waals surface area contributed by atoms with Gasteiger partial charge < -0.3 is 20.7 Å². The second-order valence-corrected chi connectivity index (χ2v) is 7.63. The van der Waals surface area contributed by atoms with Gasteiger partial charge in [-0.2, -0.15) is 4.98 Å². The lowest BCUT2D eigenvalue weighted by atomic mass is 10.0. The highest BCUT2D eigenvalue weighted by Gasteiger charge is 2.35. The number of rotatable bonds is 6. The predicted molar refractivity (Wildman–Crippen MR) is 109 cm³/mol. The van der Waals surface area contributed by atoms with Crippen molar-refractivity contribution in [3.63, 3.8) is 0 Å². The topological polar surface area (TPSA) is 92.4 Å². The van der Waals surface area contributed by atoms with Gasteiger partial charge in [0.15, 0.2) is 0 Å². The maximum atomic E-state index is 5.75. The summed E-state index contributed by atoms with van der Waals surface area (Å²) in [4.78, 5) is 17.2. The molecule has 4 rings (SSSR count). The molecule has 0 aromatic carbocycles. The monoisotopic (exact) mass is 383 g/mol. The quantitative estimate of drug-likeness (QED) is 0.761. The lowest BCUT2D eigenvalue weighted by molar-refractivity contribution is 0.0863. The normalized spacial score (nSPS) is 24.0. The molecule has 0 amide bonds. The average Bonchev–Trinajstić information content (AvgIpc) is 3.13.